The first-order valence-corrected chi connectivity index (χ1v) is 11.4. The summed E-state index contributed by atoms with van der Waals surface area (Å²) in [6, 6.07) is 4.96. The highest BCUT2D eigenvalue weighted by atomic mass is 32.2. The Bertz CT molecular complexity index is 863. The number of piperidine rings is 1. The van der Waals surface area contributed by atoms with Crippen LogP contribution in [0.3, 0.4) is 0 Å². The van der Waals surface area contributed by atoms with Crippen molar-refractivity contribution in [2.45, 2.75) is 25.7 Å². The molecule has 0 N–H and O–H groups in total. The number of esters is 1. The summed E-state index contributed by atoms with van der Waals surface area (Å²) < 4.78 is 41.1. The van der Waals surface area contributed by atoms with Crippen LogP contribution in [0, 0.1) is 5.92 Å². The third-order valence-corrected chi connectivity index (χ3v) is 6.37. The van der Waals surface area contributed by atoms with Crippen molar-refractivity contribution in [2.75, 3.05) is 44.1 Å². The van der Waals surface area contributed by atoms with Gasteiger partial charge in [0.25, 0.3) is 0 Å². The number of methoxy groups -OCH3 is 1. The number of rotatable bonds is 7. The molecule has 0 aliphatic carbocycles. The number of nitrogens with zero attached hydrogens (tertiary/aromatic N) is 2. The van der Waals surface area contributed by atoms with Crippen LogP contribution in [0.15, 0.2) is 18.2 Å². The first kappa shape index (κ1) is 21.2. The maximum atomic E-state index is 12.5. The van der Waals surface area contributed by atoms with Gasteiger partial charge in [-0.25, -0.2) is 8.42 Å². The second-order valence-corrected chi connectivity index (χ2v) is 9.06. The SMILES string of the molecule is COC(=O)C1CCN(C(=O)CCCN(c2ccc3c(c2)OCO3)S(C)(=O)=O)CC1. The third-order valence-electron chi connectivity index (χ3n) is 5.18. The van der Waals surface area contributed by atoms with Crippen molar-refractivity contribution < 1.29 is 32.2 Å². The van der Waals surface area contributed by atoms with Crippen molar-refractivity contribution in [1.82, 2.24) is 4.90 Å². The molecule has 0 bridgehead atoms. The summed E-state index contributed by atoms with van der Waals surface area (Å²) in [7, 11) is -2.15. The van der Waals surface area contributed by atoms with Gasteiger partial charge in [-0.1, -0.05) is 0 Å². The molecule has 1 amide bonds. The number of benzene rings is 1. The molecule has 160 valence electrons. The summed E-state index contributed by atoms with van der Waals surface area (Å²) in [4.78, 5) is 25.8. The van der Waals surface area contributed by atoms with Gasteiger partial charge in [0, 0.05) is 32.1 Å². The molecule has 0 saturated carbocycles. The third kappa shape index (κ3) is 5.11. The molecule has 2 heterocycles. The van der Waals surface area contributed by atoms with E-state index in [9.17, 15) is 18.0 Å². The van der Waals surface area contributed by atoms with Crippen molar-refractivity contribution in [2.24, 2.45) is 5.92 Å². The number of ether oxygens (including phenoxy) is 3. The summed E-state index contributed by atoms with van der Waals surface area (Å²) in [6.07, 6.45) is 2.93. The summed E-state index contributed by atoms with van der Waals surface area (Å²) in [5.41, 5.74) is 0.475. The van der Waals surface area contributed by atoms with E-state index < -0.39 is 10.0 Å². The van der Waals surface area contributed by atoms with Crippen LogP contribution < -0.4 is 13.8 Å². The van der Waals surface area contributed by atoms with E-state index in [-0.39, 0.29) is 37.6 Å². The zero-order valence-corrected chi connectivity index (χ0v) is 17.4. The lowest BCUT2D eigenvalue weighted by molar-refractivity contribution is -0.148. The van der Waals surface area contributed by atoms with E-state index in [0.717, 1.165) is 6.26 Å². The van der Waals surface area contributed by atoms with E-state index in [1.165, 1.54) is 11.4 Å². The Balaban J connectivity index is 1.54. The topological polar surface area (TPSA) is 102 Å². The average molecular weight is 426 g/mol. The Morgan fingerprint density at radius 1 is 1.21 bits per heavy atom. The molecular weight excluding hydrogens is 400 g/mol. The highest BCUT2D eigenvalue weighted by Gasteiger charge is 2.28. The van der Waals surface area contributed by atoms with Crippen molar-refractivity contribution in [3.63, 3.8) is 0 Å². The molecule has 9 nitrogen and oxygen atoms in total. The highest BCUT2D eigenvalue weighted by Crippen LogP contribution is 2.36. The molecular formula is C19H26N2O7S. The second-order valence-electron chi connectivity index (χ2n) is 7.15. The lowest BCUT2D eigenvalue weighted by atomic mass is 9.97. The minimum absolute atomic E-state index is 0.0348. The Labute approximate surface area is 170 Å². The quantitative estimate of drug-likeness (QED) is 0.607. The number of carbonyl (C=O) groups excluding carboxylic acids is 2. The number of carbonyl (C=O) groups is 2. The van der Waals surface area contributed by atoms with E-state index in [2.05, 4.69) is 0 Å². The van der Waals surface area contributed by atoms with Crippen LogP contribution in [-0.4, -0.2) is 65.0 Å². The van der Waals surface area contributed by atoms with E-state index >= 15 is 0 Å². The van der Waals surface area contributed by atoms with Gasteiger partial charge in [-0.2, -0.15) is 0 Å². The fourth-order valence-corrected chi connectivity index (χ4v) is 4.55. The molecule has 0 spiro atoms. The number of fused-ring (bicyclic) bond motifs is 1. The summed E-state index contributed by atoms with van der Waals surface area (Å²) in [5.74, 6) is 0.654. The molecule has 2 aliphatic rings. The van der Waals surface area contributed by atoms with Crippen LogP contribution in [0.5, 0.6) is 11.5 Å². The van der Waals surface area contributed by atoms with Gasteiger partial charge in [-0.15, -0.1) is 0 Å². The molecule has 0 radical (unpaired) electrons. The first-order valence-electron chi connectivity index (χ1n) is 9.52. The standard InChI is InChI=1S/C19H26N2O7S/c1-26-19(23)14-7-10-20(11-8-14)18(22)4-3-9-21(29(2,24)25)15-5-6-16-17(12-15)28-13-27-16/h5-6,12,14H,3-4,7-11,13H2,1-2H3. The summed E-state index contributed by atoms with van der Waals surface area (Å²) >= 11 is 0. The molecule has 1 aromatic carbocycles. The zero-order valence-electron chi connectivity index (χ0n) is 16.6. The molecule has 29 heavy (non-hydrogen) atoms. The molecule has 2 aliphatic heterocycles. The van der Waals surface area contributed by atoms with Gasteiger partial charge in [0.2, 0.25) is 22.7 Å². The van der Waals surface area contributed by atoms with Crippen molar-refractivity contribution in [3.05, 3.63) is 18.2 Å². The van der Waals surface area contributed by atoms with Crippen LogP contribution in [0.2, 0.25) is 0 Å². The van der Waals surface area contributed by atoms with Crippen LogP contribution >= 0.6 is 0 Å². The van der Waals surface area contributed by atoms with Gasteiger partial charge in [-0.05, 0) is 31.4 Å². The van der Waals surface area contributed by atoms with Gasteiger partial charge >= 0.3 is 5.97 Å². The highest BCUT2D eigenvalue weighted by molar-refractivity contribution is 7.92. The molecule has 1 fully saturated rings. The number of hydrogen-bond donors (Lipinski definition) is 0. The van der Waals surface area contributed by atoms with Crippen molar-refractivity contribution >= 4 is 27.6 Å². The Hall–Kier alpha value is -2.49. The molecule has 0 unspecified atom stereocenters. The Morgan fingerprint density at radius 2 is 1.90 bits per heavy atom. The Morgan fingerprint density at radius 3 is 2.55 bits per heavy atom. The van der Waals surface area contributed by atoms with E-state index in [4.69, 9.17) is 14.2 Å². The monoisotopic (exact) mass is 426 g/mol. The summed E-state index contributed by atoms with van der Waals surface area (Å²) in [6.45, 7) is 1.31. The molecule has 10 heteroatoms. The lowest BCUT2D eigenvalue weighted by Gasteiger charge is -2.31. The minimum atomic E-state index is -3.52. The Kier molecular flexibility index (Phi) is 6.51. The smallest absolute Gasteiger partial charge is 0.308 e. The maximum absolute atomic E-state index is 12.5. The van der Waals surface area contributed by atoms with Gasteiger partial charge in [0.1, 0.15) is 0 Å². The predicted octanol–water partition coefficient (Wildman–Crippen LogP) is 1.37. The number of likely N-dealkylation sites (tertiary alicyclic amines) is 1. The van der Waals surface area contributed by atoms with Gasteiger partial charge in [-0.3, -0.25) is 13.9 Å². The van der Waals surface area contributed by atoms with Crippen LogP contribution in [0.25, 0.3) is 0 Å². The first-order chi connectivity index (χ1) is 13.8. The lowest BCUT2D eigenvalue weighted by Crippen LogP contribution is -2.40. The van der Waals surface area contributed by atoms with Gasteiger partial charge in [0.05, 0.1) is 25.0 Å². The minimum Gasteiger partial charge on any atom is -0.469 e. The second kappa shape index (κ2) is 8.89. The largest absolute Gasteiger partial charge is 0.469 e. The zero-order chi connectivity index (χ0) is 21.0. The van der Waals surface area contributed by atoms with Crippen LogP contribution in [0.4, 0.5) is 5.69 Å². The molecule has 3 rings (SSSR count). The van der Waals surface area contributed by atoms with Crippen molar-refractivity contribution in [3.8, 4) is 11.5 Å². The van der Waals surface area contributed by atoms with E-state index in [1.807, 2.05) is 0 Å². The number of sulfonamides is 1. The molecule has 0 aromatic heterocycles. The van der Waals surface area contributed by atoms with Crippen LogP contribution in [0.1, 0.15) is 25.7 Å². The predicted molar refractivity (Wildman–Crippen MR) is 105 cm³/mol. The fraction of sp³-hybridized carbons (Fsp3) is 0.579. The summed E-state index contributed by atoms with van der Waals surface area (Å²) in [5, 5.41) is 0. The van der Waals surface area contributed by atoms with Gasteiger partial charge in [0.15, 0.2) is 11.5 Å². The van der Waals surface area contributed by atoms with E-state index in [1.54, 1.807) is 23.1 Å². The van der Waals surface area contributed by atoms with Crippen LogP contribution in [-0.2, 0) is 24.3 Å². The van der Waals surface area contributed by atoms with Gasteiger partial charge < -0.3 is 19.1 Å². The number of hydrogen-bond acceptors (Lipinski definition) is 7. The molecule has 0 atom stereocenters. The number of anilines is 1. The fourth-order valence-electron chi connectivity index (χ4n) is 3.59. The molecule has 1 saturated heterocycles. The average Bonchev–Trinajstić information content (AvgIpc) is 3.17. The normalized spacial score (nSPS) is 16.6. The maximum Gasteiger partial charge on any atom is 0.308 e. The van der Waals surface area contributed by atoms with Crippen molar-refractivity contribution in [1.29, 1.82) is 0 Å². The van der Waals surface area contributed by atoms with E-state index in [0.29, 0.717) is 49.5 Å². The molecule has 1 aromatic rings. The number of amides is 1.